The Morgan fingerprint density at radius 2 is 2.11 bits per heavy atom. The Labute approximate surface area is 155 Å². The van der Waals surface area contributed by atoms with Crippen LogP contribution in [-0.2, 0) is 20.1 Å². The number of rotatable bonds is 7. The van der Waals surface area contributed by atoms with Gasteiger partial charge in [-0.1, -0.05) is 6.07 Å². The average Bonchev–Trinajstić information content (AvgIpc) is 3.00. The van der Waals surface area contributed by atoms with E-state index in [-0.39, 0.29) is 13.2 Å². The van der Waals surface area contributed by atoms with Crippen LogP contribution in [0, 0.1) is 6.92 Å². The summed E-state index contributed by atoms with van der Waals surface area (Å²) in [5, 5.41) is 9.08. The minimum absolute atomic E-state index is 0.0972. The summed E-state index contributed by atoms with van der Waals surface area (Å²) in [7, 11) is 1.60. The monoisotopic (exact) mass is 374 g/mol. The number of aromatic amines is 1. The molecule has 0 spiro atoms. The predicted molar refractivity (Wildman–Crippen MR) is 98.9 cm³/mol. The zero-order chi connectivity index (χ0) is 19.6. The number of aryl methyl sites for hydroxylation is 2. The van der Waals surface area contributed by atoms with Gasteiger partial charge in [-0.2, -0.15) is 9.55 Å². The van der Waals surface area contributed by atoms with E-state index in [1.807, 2.05) is 26.0 Å². The summed E-state index contributed by atoms with van der Waals surface area (Å²) < 4.78 is 9.93. The lowest BCUT2D eigenvalue weighted by molar-refractivity contribution is -0.668. The van der Waals surface area contributed by atoms with Crippen molar-refractivity contribution in [2.75, 3.05) is 13.2 Å². The largest absolute Gasteiger partial charge is 0.456 e. The Balaban J connectivity index is 2.24. The van der Waals surface area contributed by atoms with Gasteiger partial charge in [0.15, 0.2) is 0 Å². The van der Waals surface area contributed by atoms with Gasteiger partial charge in [0.2, 0.25) is 0 Å². The van der Waals surface area contributed by atoms with Crippen molar-refractivity contribution in [3.63, 3.8) is 0 Å². The molecule has 0 amide bonds. The molecule has 27 heavy (non-hydrogen) atoms. The van der Waals surface area contributed by atoms with Crippen molar-refractivity contribution in [3.8, 4) is 6.01 Å². The fourth-order valence-electron chi connectivity index (χ4n) is 3.01. The van der Waals surface area contributed by atoms with Crippen molar-refractivity contribution in [3.05, 3.63) is 50.4 Å². The first kappa shape index (κ1) is 18.8. The summed E-state index contributed by atoms with van der Waals surface area (Å²) in [6.07, 6.45) is 2.08. The molecule has 3 heterocycles. The van der Waals surface area contributed by atoms with Crippen molar-refractivity contribution in [1.82, 2.24) is 19.1 Å². The lowest BCUT2D eigenvalue weighted by atomic mass is 10.2. The number of hydrogen-bond donors (Lipinski definition) is 2. The van der Waals surface area contributed by atoms with Crippen LogP contribution in [0.3, 0.4) is 0 Å². The van der Waals surface area contributed by atoms with Crippen molar-refractivity contribution < 1.29 is 14.4 Å². The third kappa shape index (κ3) is 3.50. The van der Waals surface area contributed by atoms with Gasteiger partial charge < -0.3 is 9.84 Å². The minimum atomic E-state index is -0.436. The number of pyridine rings is 1. The van der Waals surface area contributed by atoms with Crippen LogP contribution in [0.5, 0.6) is 6.01 Å². The fraction of sp³-hybridized carbons (Fsp3) is 0.444. The van der Waals surface area contributed by atoms with E-state index in [0.717, 1.165) is 15.8 Å². The third-order valence-electron chi connectivity index (χ3n) is 4.40. The minimum Gasteiger partial charge on any atom is -0.431 e. The number of aliphatic hydroxyl groups is 1. The number of imidazole rings is 1. The van der Waals surface area contributed by atoms with Crippen molar-refractivity contribution in [2.45, 2.75) is 33.4 Å². The smallest absolute Gasteiger partial charge is 0.431 e. The van der Waals surface area contributed by atoms with Crippen LogP contribution in [0.1, 0.15) is 24.6 Å². The molecule has 9 heteroatoms. The number of nitrogens with zero attached hydrogens (tertiary/aromatic N) is 4. The number of H-pyrrole nitrogens is 1. The van der Waals surface area contributed by atoms with Crippen LogP contribution in [0.4, 0.5) is 0 Å². The number of aliphatic hydroxyl groups excluding tert-OH is 1. The van der Waals surface area contributed by atoms with Crippen molar-refractivity contribution in [1.29, 1.82) is 0 Å². The number of hydrogen-bond acceptors (Lipinski definition) is 5. The summed E-state index contributed by atoms with van der Waals surface area (Å²) >= 11 is 0. The van der Waals surface area contributed by atoms with Gasteiger partial charge in [0.05, 0.1) is 6.61 Å². The zero-order valence-corrected chi connectivity index (χ0v) is 15.7. The molecule has 0 fully saturated rings. The topological polar surface area (TPSA) is 106 Å². The number of nitrogens with one attached hydrogen (secondary N) is 1. The van der Waals surface area contributed by atoms with Gasteiger partial charge in [-0.25, -0.2) is 4.79 Å². The first-order chi connectivity index (χ1) is 13.0. The van der Waals surface area contributed by atoms with Gasteiger partial charge in [0.25, 0.3) is 11.2 Å². The molecular formula is C18H24N5O4+. The van der Waals surface area contributed by atoms with Gasteiger partial charge in [-0.05, 0) is 26.3 Å². The van der Waals surface area contributed by atoms with Crippen LogP contribution in [-0.4, -0.2) is 37.4 Å². The summed E-state index contributed by atoms with van der Waals surface area (Å²) in [6, 6.07) is 4.25. The zero-order valence-electron chi connectivity index (χ0n) is 15.7. The van der Waals surface area contributed by atoms with E-state index in [0.29, 0.717) is 36.7 Å². The maximum atomic E-state index is 13.0. The van der Waals surface area contributed by atoms with E-state index >= 15 is 0 Å². The highest BCUT2D eigenvalue weighted by atomic mass is 16.5. The fourth-order valence-corrected chi connectivity index (χ4v) is 3.01. The molecule has 0 saturated carbocycles. The normalized spacial score (nSPS) is 11.3. The first-order valence-electron chi connectivity index (χ1n) is 8.88. The van der Waals surface area contributed by atoms with E-state index in [2.05, 4.69) is 9.97 Å². The van der Waals surface area contributed by atoms with Gasteiger partial charge in [0, 0.05) is 37.7 Å². The highest BCUT2D eigenvalue weighted by Gasteiger charge is 2.27. The standard InChI is InChI=1S/C18H23N5O4/c1-4-27-17-20-15-14(23(17)11-13-7-6-12(2)19-10-13)16(25)22(8-5-9-24)18(26)21(15)3/h6-7,10,24H,4-5,8-9,11H2,1-3H3/p+1. The van der Waals surface area contributed by atoms with E-state index in [1.54, 1.807) is 17.8 Å². The first-order valence-corrected chi connectivity index (χ1v) is 8.88. The molecule has 0 radical (unpaired) electrons. The molecule has 0 aliphatic carbocycles. The molecule has 3 aromatic heterocycles. The van der Waals surface area contributed by atoms with Crippen LogP contribution in [0.2, 0.25) is 0 Å². The maximum absolute atomic E-state index is 13.0. The van der Waals surface area contributed by atoms with Crippen LogP contribution < -0.4 is 20.6 Å². The van der Waals surface area contributed by atoms with Crippen molar-refractivity contribution >= 4 is 11.2 Å². The molecule has 0 aromatic carbocycles. The molecule has 0 saturated heterocycles. The molecule has 3 rings (SSSR count). The summed E-state index contributed by atoms with van der Waals surface area (Å²) in [6.45, 7) is 4.59. The summed E-state index contributed by atoms with van der Waals surface area (Å²) in [5.74, 6) is 0. The average molecular weight is 374 g/mol. The van der Waals surface area contributed by atoms with Crippen LogP contribution in [0.25, 0.3) is 11.2 Å². The maximum Gasteiger partial charge on any atom is 0.456 e. The quantitative estimate of drug-likeness (QED) is 0.560. The van der Waals surface area contributed by atoms with E-state index in [4.69, 9.17) is 9.84 Å². The molecule has 0 atom stereocenters. The highest BCUT2D eigenvalue weighted by molar-refractivity contribution is 5.66. The number of aromatic nitrogens is 5. The number of fused-ring (bicyclic) bond motifs is 1. The summed E-state index contributed by atoms with van der Waals surface area (Å²) in [4.78, 5) is 32.9. The number of ether oxygens (including phenoxy) is 1. The van der Waals surface area contributed by atoms with Gasteiger partial charge in [-0.3, -0.25) is 18.9 Å². The van der Waals surface area contributed by atoms with Gasteiger partial charge >= 0.3 is 17.3 Å². The Morgan fingerprint density at radius 1 is 1.33 bits per heavy atom. The summed E-state index contributed by atoms with van der Waals surface area (Å²) in [5.41, 5.74) is 1.70. The van der Waals surface area contributed by atoms with Crippen LogP contribution in [0.15, 0.2) is 27.9 Å². The highest BCUT2D eigenvalue weighted by Crippen LogP contribution is 2.11. The van der Waals surface area contributed by atoms with Gasteiger partial charge in [-0.15, -0.1) is 0 Å². The second-order valence-corrected chi connectivity index (χ2v) is 6.33. The lowest BCUT2D eigenvalue weighted by Gasteiger charge is -2.06. The molecular weight excluding hydrogens is 350 g/mol. The second kappa shape index (κ2) is 7.75. The van der Waals surface area contributed by atoms with E-state index < -0.39 is 11.2 Å². The molecule has 2 N–H and O–H groups in total. The lowest BCUT2D eigenvalue weighted by Crippen LogP contribution is -2.45. The Morgan fingerprint density at radius 3 is 2.74 bits per heavy atom. The Kier molecular flexibility index (Phi) is 5.41. The van der Waals surface area contributed by atoms with Crippen LogP contribution >= 0.6 is 0 Å². The SMILES string of the molecule is CCOc1[nH]c2c(c(=O)n(CCCO)c(=O)n2C)[n+]1Cc1ccc(C)nc1. The van der Waals surface area contributed by atoms with E-state index in [1.165, 1.54) is 4.57 Å². The van der Waals surface area contributed by atoms with Crippen molar-refractivity contribution in [2.24, 2.45) is 7.05 Å². The Hall–Kier alpha value is -2.94. The molecule has 0 aliphatic rings. The predicted octanol–water partition coefficient (Wildman–Crippen LogP) is -0.151. The molecule has 9 nitrogen and oxygen atoms in total. The molecule has 0 bridgehead atoms. The molecule has 0 unspecified atom stereocenters. The molecule has 144 valence electrons. The molecule has 0 aliphatic heterocycles. The second-order valence-electron chi connectivity index (χ2n) is 6.33. The van der Waals surface area contributed by atoms with E-state index in [9.17, 15) is 9.59 Å². The third-order valence-corrected chi connectivity index (χ3v) is 4.40. The van der Waals surface area contributed by atoms with Gasteiger partial charge in [0.1, 0.15) is 6.54 Å². The Bertz CT molecular complexity index is 1060. The molecule has 3 aromatic rings.